The van der Waals surface area contributed by atoms with E-state index in [2.05, 4.69) is 5.32 Å². The molecule has 1 aliphatic carbocycles. The molecular weight excluding hydrogens is 289 g/mol. The van der Waals surface area contributed by atoms with E-state index in [1.165, 1.54) is 12.1 Å². The molecule has 5 heteroatoms. The van der Waals surface area contributed by atoms with Crippen LogP contribution in [-0.4, -0.2) is 29.9 Å². The molecular formula is C16H22FNO2S. The van der Waals surface area contributed by atoms with Crippen LogP contribution in [0.4, 0.5) is 4.39 Å². The highest BCUT2D eigenvalue weighted by Gasteiger charge is 2.39. The summed E-state index contributed by atoms with van der Waals surface area (Å²) in [6.07, 6.45) is 2.89. The average Bonchev–Trinajstić information content (AvgIpc) is 3.23. The first-order valence-corrected chi connectivity index (χ1v) is 8.35. The molecule has 1 unspecified atom stereocenters. The number of esters is 1. The van der Waals surface area contributed by atoms with Crippen molar-refractivity contribution in [1.82, 2.24) is 5.32 Å². The predicted octanol–water partition coefficient (Wildman–Crippen LogP) is 3.38. The Morgan fingerprint density at radius 2 is 2.29 bits per heavy atom. The fourth-order valence-electron chi connectivity index (χ4n) is 2.13. The van der Waals surface area contributed by atoms with Gasteiger partial charge in [-0.1, -0.05) is 6.07 Å². The SMILES string of the molecule is CCOC(=O)C(C)(CCSc1cccc(F)c1)NC1CC1. The zero-order valence-corrected chi connectivity index (χ0v) is 13.3. The van der Waals surface area contributed by atoms with Gasteiger partial charge in [-0.15, -0.1) is 11.8 Å². The number of halogens is 1. The van der Waals surface area contributed by atoms with Crippen LogP contribution in [-0.2, 0) is 9.53 Å². The van der Waals surface area contributed by atoms with Crippen LogP contribution in [0.25, 0.3) is 0 Å². The van der Waals surface area contributed by atoms with Crippen LogP contribution in [0.2, 0.25) is 0 Å². The van der Waals surface area contributed by atoms with E-state index in [1.807, 2.05) is 19.9 Å². The van der Waals surface area contributed by atoms with Crippen molar-refractivity contribution in [3.8, 4) is 0 Å². The largest absolute Gasteiger partial charge is 0.465 e. The van der Waals surface area contributed by atoms with Gasteiger partial charge in [0.25, 0.3) is 0 Å². The normalized spacial score (nSPS) is 17.3. The third-order valence-electron chi connectivity index (χ3n) is 3.49. The Hall–Kier alpha value is -1.07. The number of thioether (sulfide) groups is 1. The van der Waals surface area contributed by atoms with E-state index in [9.17, 15) is 9.18 Å². The van der Waals surface area contributed by atoms with Crippen LogP contribution in [0.15, 0.2) is 29.2 Å². The maximum atomic E-state index is 13.1. The third-order valence-corrected chi connectivity index (χ3v) is 4.49. The summed E-state index contributed by atoms with van der Waals surface area (Å²) in [6.45, 7) is 4.10. The number of carbonyl (C=O) groups excluding carboxylic acids is 1. The van der Waals surface area contributed by atoms with Gasteiger partial charge in [0.2, 0.25) is 0 Å². The summed E-state index contributed by atoms with van der Waals surface area (Å²) < 4.78 is 18.3. The molecule has 1 saturated carbocycles. The Balaban J connectivity index is 1.90. The van der Waals surface area contributed by atoms with Gasteiger partial charge in [0, 0.05) is 16.7 Å². The predicted molar refractivity (Wildman–Crippen MR) is 82.9 cm³/mol. The van der Waals surface area contributed by atoms with E-state index in [0.29, 0.717) is 19.1 Å². The molecule has 1 fully saturated rings. The fraction of sp³-hybridized carbons (Fsp3) is 0.562. The number of ether oxygens (including phenoxy) is 1. The number of nitrogens with one attached hydrogen (secondary N) is 1. The molecule has 116 valence electrons. The van der Waals surface area contributed by atoms with Gasteiger partial charge in [-0.25, -0.2) is 4.39 Å². The Labute approximate surface area is 129 Å². The maximum Gasteiger partial charge on any atom is 0.326 e. The lowest BCUT2D eigenvalue weighted by molar-refractivity contribution is -0.150. The summed E-state index contributed by atoms with van der Waals surface area (Å²) in [4.78, 5) is 13.1. The highest BCUT2D eigenvalue weighted by Crippen LogP contribution is 2.28. The van der Waals surface area contributed by atoms with Crippen molar-refractivity contribution >= 4 is 17.7 Å². The molecule has 0 aromatic heterocycles. The highest BCUT2D eigenvalue weighted by molar-refractivity contribution is 7.99. The molecule has 2 rings (SSSR count). The molecule has 3 nitrogen and oxygen atoms in total. The van der Waals surface area contributed by atoms with Gasteiger partial charge in [-0.3, -0.25) is 10.1 Å². The summed E-state index contributed by atoms with van der Waals surface area (Å²) in [5.74, 6) is 0.305. The standard InChI is InChI=1S/C16H22FNO2S/c1-3-20-15(19)16(2,18-13-7-8-13)9-10-21-14-6-4-5-12(17)11-14/h4-6,11,13,18H,3,7-10H2,1-2H3. The number of benzene rings is 1. The quantitative estimate of drug-likeness (QED) is 0.590. The lowest BCUT2D eigenvalue weighted by Gasteiger charge is -2.28. The van der Waals surface area contributed by atoms with Crippen molar-refractivity contribution in [3.05, 3.63) is 30.1 Å². The van der Waals surface area contributed by atoms with Gasteiger partial charge in [0.05, 0.1) is 6.61 Å². The summed E-state index contributed by atoms with van der Waals surface area (Å²) in [6, 6.07) is 6.95. The number of rotatable bonds is 8. The van der Waals surface area contributed by atoms with Crippen LogP contribution >= 0.6 is 11.8 Å². The number of hydrogen-bond acceptors (Lipinski definition) is 4. The topological polar surface area (TPSA) is 38.3 Å². The molecule has 0 saturated heterocycles. The van der Waals surface area contributed by atoms with Crippen LogP contribution in [0.5, 0.6) is 0 Å². The van der Waals surface area contributed by atoms with E-state index in [-0.39, 0.29) is 11.8 Å². The number of hydrogen-bond donors (Lipinski definition) is 1. The monoisotopic (exact) mass is 311 g/mol. The Bertz CT molecular complexity index is 493. The lowest BCUT2D eigenvalue weighted by Crippen LogP contribution is -2.51. The first-order chi connectivity index (χ1) is 10.0. The smallest absolute Gasteiger partial charge is 0.326 e. The van der Waals surface area contributed by atoms with Crippen LogP contribution in [0.1, 0.15) is 33.1 Å². The minimum Gasteiger partial charge on any atom is -0.465 e. The fourth-order valence-corrected chi connectivity index (χ4v) is 3.25. The minimum atomic E-state index is -0.655. The molecule has 1 N–H and O–H groups in total. The van der Waals surface area contributed by atoms with Gasteiger partial charge in [-0.2, -0.15) is 0 Å². The maximum absolute atomic E-state index is 13.1. The van der Waals surface area contributed by atoms with Crippen LogP contribution in [0, 0.1) is 5.82 Å². The second kappa shape index (κ2) is 7.27. The molecule has 0 amide bonds. The molecule has 1 atom stereocenters. The third kappa shape index (κ3) is 5.00. The summed E-state index contributed by atoms with van der Waals surface area (Å²) in [5.41, 5.74) is -0.655. The molecule has 0 radical (unpaired) electrons. The van der Waals surface area contributed by atoms with Gasteiger partial charge in [-0.05, 0) is 51.3 Å². The van der Waals surface area contributed by atoms with Crippen molar-refractivity contribution in [1.29, 1.82) is 0 Å². The summed E-state index contributed by atoms with van der Waals surface area (Å²) in [5, 5.41) is 3.39. The first-order valence-electron chi connectivity index (χ1n) is 7.37. The second-order valence-electron chi connectivity index (χ2n) is 5.53. The van der Waals surface area contributed by atoms with Gasteiger partial charge >= 0.3 is 5.97 Å². The van der Waals surface area contributed by atoms with E-state index < -0.39 is 5.54 Å². The average molecular weight is 311 g/mol. The minimum absolute atomic E-state index is 0.197. The molecule has 1 aromatic carbocycles. The van der Waals surface area contributed by atoms with Crippen LogP contribution in [0.3, 0.4) is 0 Å². The zero-order chi connectivity index (χ0) is 15.3. The molecule has 1 aliphatic rings. The summed E-state index contributed by atoms with van der Waals surface area (Å²) in [7, 11) is 0. The Morgan fingerprint density at radius 3 is 2.90 bits per heavy atom. The molecule has 1 aromatic rings. The number of carbonyl (C=O) groups is 1. The van der Waals surface area contributed by atoms with Gasteiger partial charge < -0.3 is 4.74 Å². The Kier molecular flexibility index (Phi) is 5.65. The summed E-state index contributed by atoms with van der Waals surface area (Å²) >= 11 is 1.56. The van der Waals surface area contributed by atoms with Gasteiger partial charge in [0.15, 0.2) is 0 Å². The second-order valence-corrected chi connectivity index (χ2v) is 6.70. The molecule has 0 aliphatic heterocycles. The molecule has 0 bridgehead atoms. The lowest BCUT2D eigenvalue weighted by atomic mass is 9.99. The van der Waals surface area contributed by atoms with Gasteiger partial charge in [0.1, 0.15) is 11.4 Å². The van der Waals surface area contributed by atoms with E-state index in [0.717, 1.165) is 23.5 Å². The van der Waals surface area contributed by atoms with Crippen molar-refractivity contribution in [2.24, 2.45) is 0 Å². The van der Waals surface area contributed by atoms with E-state index in [1.54, 1.807) is 17.8 Å². The molecule has 21 heavy (non-hydrogen) atoms. The van der Waals surface area contributed by atoms with Crippen molar-refractivity contribution < 1.29 is 13.9 Å². The molecule has 0 spiro atoms. The van der Waals surface area contributed by atoms with Crippen molar-refractivity contribution in [2.75, 3.05) is 12.4 Å². The van der Waals surface area contributed by atoms with E-state index in [4.69, 9.17) is 4.74 Å². The zero-order valence-electron chi connectivity index (χ0n) is 12.5. The van der Waals surface area contributed by atoms with Crippen molar-refractivity contribution in [3.63, 3.8) is 0 Å². The van der Waals surface area contributed by atoms with Crippen molar-refractivity contribution in [2.45, 2.75) is 49.6 Å². The first kappa shape index (κ1) is 16.3. The Morgan fingerprint density at radius 1 is 1.52 bits per heavy atom. The van der Waals surface area contributed by atoms with E-state index >= 15 is 0 Å². The molecule has 0 heterocycles. The highest BCUT2D eigenvalue weighted by atomic mass is 32.2. The van der Waals surface area contributed by atoms with Crippen LogP contribution < -0.4 is 5.32 Å².